The van der Waals surface area contributed by atoms with Gasteiger partial charge in [-0.3, -0.25) is 0 Å². The van der Waals surface area contributed by atoms with Gasteiger partial charge in [-0.1, -0.05) is 19.9 Å². The zero-order chi connectivity index (χ0) is 12.1. The zero-order valence-electron chi connectivity index (χ0n) is 10.7. The fraction of sp³-hybridized carbons (Fsp3) is 0.615. The summed E-state index contributed by atoms with van der Waals surface area (Å²) in [5, 5.41) is 9.10. The Morgan fingerprint density at radius 1 is 1.31 bits per heavy atom. The summed E-state index contributed by atoms with van der Waals surface area (Å²) >= 11 is 0. The van der Waals surface area contributed by atoms with Crippen LogP contribution in [0.25, 0.3) is 0 Å². The van der Waals surface area contributed by atoms with Gasteiger partial charge in [-0.25, -0.2) is 4.98 Å². The van der Waals surface area contributed by atoms with Gasteiger partial charge in [0, 0.05) is 18.8 Å². The molecule has 0 aromatic carbocycles. The van der Waals surface area contributed by atoms with Crippen LogP contribution in [0.2, 0.25) is 0 Å². The largest absolute Gasteiger partial charge is 0.392 e. The smallest absolute Gasteiger partial charge is 0.128 e. The maximum Gasteiger partial charge on any atom is 0.128 e. The van der Waals surface area contributed by atoms with Crippen molar-refractivity contribution in [2.45, 2.75) is 46.3 Å². The predicted octanol–water partition coefficient (Wildman–Crippen LogP) is 2.51. The van der Waals surface area contributed by atoms with E-state index in [1.807, 2.05) is 19.1 Å². The van der Waals surface area contributed by atoms with E-state index in [0.717, 1.165) is 29.9 Å². The summed E-state index contributed by atoms with van der Waals surface area (Å²) in [4.78, 5) is 6.74. The monoisotopic (exact) mass is 222 g/mol. The van der Waals surface area contributed by atoms with Gasteiger partial charge in [-0.2, -0.15) is 0 Å². The van der Waals surface area contributed by atoms with E-state index >= 15 is 0 Å². The zero-order valence-corrected chi connectivity index (χ0v) is 10.7. The minimum atomic E-state index is 0.0633. The van der Waals surface area contributed by atoms with Crippen LogP contribution in [0, 0.1) is 6.92 Å². The average molecular weight is 222 g/mol. The standard InChI is InChI=1S/C13H22N2O/c1-5-12(6-2)15(4)13-8-7-11(9-16)10(3)14-13/h7-8,12,16H,5-6,9H2,1-4H3. The Morgan fingerprint density at radius 3 is 2.38 bits per heavy atom. The van der Waals surface area contributed by atoms with Crippen LogP contribution in [0.4, 0.5) is 5.82 Å². The molecule has 3 heteroatoms. The lowest BCUT2D eigenvalue weighted by Crippen LogP contribution is -2.31. The number of rotatable bonds is 5. The Labute approximate surface area is 98.1 Å². The molecule has 1 aromatic rings. The molecule has 90 valence electrons. The number of anilines is 1. The Hall–Kier alpha value is -1.09. The van der Waals surface area contributed by atoms with Gasteiger partial charge in [0.05, 0.1) is 6.61 Å². The first-order valence-corrected chi connectivity index (χ1v) is 5.94. The Kier molecular flexibility index (Phi) is 4.74. The van der Waals surface area contributed by atoms with Crippen molar-refractivity contribution >= 4 is 5.82 Å². The van der Waals surface area contributed by atoms with Crippen molar-refractivity contribution in [2.24, 2.45) is 0 Å². The first-order valence-electron chi connectivity index (χ1n) is 5.94. The van der Waals surface area contributed by atoms with Crippen LogP contribution >= 0.6 is 0 Å². The molecule has 16 heavy (non-hydrogen) atoms. The van der Waals surface area contributed by atoms with Gasteiger partial charge in [0.15, 0.2) is 0 Å². The van der Waals surface area contributed by atoms with Crippen molar-refractivity contribution in [3.8, 4) is 0 Å². The molecule has 1 heterocycles. The Morgan fingerprint density at radius 2 is 1.94 bits per heavy atom. The third-order valence-electron chi connectivity index (χ3n) is 3.20. The number of hydrogen-bond donors (Lipinski definition) is 1. The second-order valence-electron chi connectivity index (χ2n) is 4.15. The Bertz CT molecular complexity index is 335. The highest BCUT2D eigenvalue weighted by Crippen LogP contribution is 2.18. The first-order chi connectivity index (χ1) is 7.63. The summed E-state index contributed by atoms with van der Waals surface area (Å²) in [5.74, 6) is 0.989. The van der Waals surface area contributed by atoms with Crippen LogP contribution < -0.4 is 4.90 Å². The molecular formula is C13H22N2O. The average Bonchev–Trinajstić information content (AvgIpc) is 2.30. The van der Waals surface area contributed by atoms with E-state index in [4.69, 9.17) is 5.11 Å². The molecule has 0 fully saturated rings. The van der Waals surface area contributed by atoms with E-state index in [9.17, 15) is 0 Å². The summed E-state index contributed by atoms with van der Waals surface area (Å²) < 4.78 is 0. The summed E-state index contributed by atoms with van der Waals surface area (Å²) in [5.41, 5.74) is 1.82. The first kappa shape index (κ1) is 13.0. The van der Waals surface area contributed by atoms with Gasteiger partial charge < -0.3 is 10.0 Å². The maximum atomic E-state index is 9.10. The van der Waals surface area contributed by atoms with Crippen LogP contribution in [-0.4, -0.2) is 23.2 Å². The molecule has 0 radical (unpaired) electrons. The van der Waals surface area contributed by atoms with Crippen LogP contribution in [-0.2, 0) is 6.61 Å². The number of aliphatic hydroxyl groups is 1. The van der Waals surface area contributed by atoms with Crippen molar-refractivity contribution in [2.75, 3.05) is 11.9 Å². The molecule has 0 amide bonds. The normalized spacial score (nSPS) is 10.9. The van der Waals surface area contributed by atoms with Crippen molar-refractivity contribution in [3.63, 3.8) is 0 Å². The molecule has 0 saturated heterocycles. The Balaban J connectivity index is 2.91. The summed E-state index contributed by atoms with van der Waals surface area (Å²) in [6.07, 6.45) is 2.24. The van der Waals surface area contributed by atoms with E-state index in [2.05, 4.69) is 30.8 Å². The fourth-order valence-corrected chi connectivity index (χ4v) is 1.96. The van der Waals surface area contributed by atoms with Crippen LogP contribution in [0.15, 0.2) is 12.1 Å². The molecule has 0 aliphatic heterocycles. The second-order valence-corrected chi connectivity index (χ2v) is 4.15. The van der Waals surface area contributed by atoms with Gasteiger partial charge in [0.2, 0.25) is 0 Å². The quantitative estimate of drug-likeness (QED) is 0.831. The van der Waals surface area contributed by atoms with Crippen LogP contribution in [0.5, 0.6) is 0 Å². The number of hydrogen-bond acceptors (Lipinski definition) is 3. The lowest BCUT2D eigenvalue weighted by Gasteiger charge is -2.27. The molecule has 3 nitrogen and oxygen atoms in total. The number of aromatic nitrogens is 1. The lowest BCUT2D eigenvalue weighted by atomic mass is 10.1. The number of pyridine rings is 1. The van der Waals surface area contributed by atoms with Gasteiger partial charge in [0.25, 0.3) is 0 Å². The summed E-state index contributed by atoms with van der Waals surface area (Å²) in [6, 6.07) is 4.47. The maximum absolute atomic E-state index is 9.10. The molecule has 0 atom stereocenters. The molecule has 0 aliphatic carbocycles. The molecule has 0 saturated carbocycles. The van der Waals surface area contributed by atoms with Crippen molar-refractivity contribution < 1.29 is 5.11 Å². The third kappa shape index (κ3) is 2.73. The number of aryl methyl sites for hydroxylation is 1. The minimum Gasteiger partial charge on any atom is -0.392 e. The van der Waals surface area contributed by atoms with Crippen LogP contribution in [0.3, 0.4) is 0 Å². The van der Waals surface area contributed by atoms with E-state index in [0.29, 0.717) is 6.04 Å². The van der Waals surface area contributed by atoms with Gasteiger partial charge in [-0.15, -0.1) is 0 Å². The molecule has 1 aromatic heterocycles. The number of nitrogens with zero attached hydrogens (tertiary/aromatic N) is 2. The van der Waals surface area contributed by atoms with E-state index in [1.54, 1.807) is 0 Å². The molecule has 0 aliphatic rings. The van der Waals surface area contributed by atoms with E-state index in [1.165, 1.54) is 0 Å². The summed E-state index contributed by atoms with van der Waals surface area (Å²) in [6.45, 7) is 6.39. The third-order valence-corrected chi connectivity index (χ3v) is 3.20. The lowest BCUT2D eigenvalue weighted by molar-refractivity contribution is 0.280. The fourth-order valence-electron chi connectivity index (χ4n) is 1.96. The predicted molar refractivity (Wildman–Crippen MR) is 67.7 cm³/mol. The molecule has 0 unspecified atom stereocenters. The van der Waals surface area contributed by atoms with E-state index in [-0.39, 0.29) is 6.61 Å². The van der Waals surface area contributed by atoms with Gasteiger partial charge >= 0.3 is 0 Å². The van der Waals surface area contributed by atoms with Gasteiger partial charge in [-0.05, 0) is 31.4 Å². The van der Waals surface area contributed by atoms with Gasteiger partial charge in [0.1, 0.15) is 5.82 Å². The van der Waals surface area contributed by atoms with Crippen LogP contribution in [0.1, 0.15) is 37.9 Å². The van der Waals surface area contributed by atoms with E-state index < -0.39 is 0 Å². The molecule has 1 N–H and O–H groups in total. The van der Waals surface area contributed by atoms with Crippen molar-refractivity contribution in [1.29, 1.82) is 0 Å². The second kappa shape index (κ2) is 5.85. The molecule has 0 spiro atoms. The summed E-state index contributed by atoms with van der Waals surface area (Å²) in [7, 11) is 2.08. The molecular weight excluding hydrogens is 200 g/mol. The minimum absolute atomic E-state index is 0.0633. The molecule has 0 bridgehead atoms. The highest BCUT2D eigenvalue weighted by atomic mass is 16.3. The highest BCUT2D eigenvalue weighted by Gasteiger charge is 2.12. The highest BCUT2D eigenvalue weighted by molar-refractivity contribution is 5.41. The molecule has 1 rings (SSSR count). The number of aliphatic hydroxyl groups excluding tert-OH is 1. The van der Waals surface area contributed by atoms with Crippen molar-refractivity contribution in [1.82, 2.24) is 4.98 Å². The van der Waals surface area contributed by atoms with Crippen molar-refractivity contribution in [3.05, 3.63) is 23.4 Å². The SMILES string of the molecule is CCC(CC)N(C)c1ccc(CO)c(C)n1. The topological polar surface area (TPSA) is 36.4 Å².